The Labute approximate surface area is 133 Å². The molecule has 0 aliphatic heterocycles. The van der Waals surface area contributed by atoms with E-state index in [1.165, 1.54) is 11.3 Å². The zero-order valence-electron chi connectivity index (χ0n) is 12.7. The second-order valence-electron chi connectivity index (χ2n) is 5.59. The Morgan fingerprint density at radius 1 is 1.41 bits per heavy atom. The van der Waals surface area contributed by atoms with E-state index in [0.717, 1.165) is 46.1 Å². The summed E-state index contributed by atoms with van der Waals surface area (Å²) < 4.78 is 5.37. The van der Waals surface area contributed by atoms with Gasteiger partial charge in [-0.1, -0.05) is 0 Å². The van der Waals surface area contributed by atoms with Gasteiger partial charge in [0.25, 0.3) is 0 Å². The summed E-state index contributed by atoms with van der Waals surface area (Å²) in [7, 11) is 3.91. The lowest BCUT2D eigenvalue weighted by atomic mass is 10.0. The molecule has 6 heteroatoms. The zero-order valence-corrected chi connectivity index (χ0v) is 13.6. The molecule has 1 heterocycles. The van der Waals surface area contributed by atoms with Crippen molar-refractivity contribution in [3.63, 3.8) is 0 Å². The quantitative estimate of drug-likeness (QED) is 0.848. The van der Waals surface area contributed by atoms with Crippen molar-refractivity contribution in [2.45, 2.75) is 25.4 Å². The van der Waals surface area contributed by atoms with Gasteiger partial charge in [-0.2, -0.15) is 0 Å². The lowest BCUT2D eigenvalue weighted by Gasteiger charge is -2.15. The van der Waals surface area contributed by atoms with E-state index < -0.39 is 6.10 Å². The third-order valence-electron chi connectivity index (χ3n) is 3.85. The molecule has 1 atom stereocenters. The van der Waals surface area contributed by atoms with Crippen molar-refractivity contribution < 1.29 is 14.9 Å². The van der Waals surface area contributed by atoms with Crippen LogP contribution in [0, 0.1) is 0 Å². The third-order valence-corrected chi connectivity index (χ3v) is 5.09. The molecule has 1 aromatic carbocycles. The van der Waals surface area contributed by atoms with Gasteiger partial charge < -0.3 is 19.8 Å². The molecule has 1 unspecified atom stereocenters. The Kier molecular flexibility index (Phi) is 4.33. The third kappa shape index (κ3) is 2.82. The first-order valence-electron chi connectivity index (χ1n) is 7.33. The summed E-state index contributed by atoms with van der Waals surface area (Å²) >= 11 is 1.51. The molecule has 118 valence electrons. The van der Waals surface area contributed by atoms with Crippen molar-refractivity contribution in [2.24, 2.45) is 0 Å². The molecule has 5 nitrogen and oxygen atoms in total. The van der Waals surface area contributed by atoms with Crippen LogP contribution >= 0.6 is 11.3 Å². The zero-order chi connectivity index (χ0) is 15.7. The summed E-state index contributed by atoms with van der Waals surface area (Å²) in [4.78, 5) is 7.61. The van der Waals surface area contributed by atoms with E-state index in [1.807, 2.05) is 37.2 Å². The number of aliphatic hydroxyl groups is 2. The van der Waals surface area contributed by atoms with Gasteiger partial charge in [0.15, 0.2) is 6.79 Å². The molecule has 22 heavy (non-hydrogen) atoms. The normalized spacial score (nSPS) is 17.2. The molecule has 0 fully saturated rings. The van der Waals surface area contributed by atoms with E-state index in [2.05, 4.69) is 4.98 Å². The minimum atomic E-state index is -0.404. The molecule has 0 saturated heterocycles. The molecule has 1 aliphatic carbocycles. The van der Waals surface area contributed by atoms with E-state index in [1.54, 1.807) is 0 Å². The summed E-state index contributed by atoms with van der Waals surface area (Å²) in [6.45, 7) is -0.377. The van der Waals surface area contributed by atoms with Crippen LogP contribution in [0.2, 0.25) is 0 Å². The largest absolute Gasteiger partial charge is 0.467 e. The summed E-state index contributed by atoms with van der Waals surface area (Å²) in [5, 5.41) is 20.1. The highest BCUT2D eigenvalue weighted by Gasteiger charge is 2.24. The first kappa shape index (κ1) is 15.3. The minimum Gasteiger partial charge on any atom is -0.467 e. The number of aryl methyl sites for hydroxylation is 1. The smallest absolute Gasteiger partial charge is 0.186 e. The summed E-state index contributed by atoms with van der Waals surface area (Å²) in [5.74, 6) is 0.606. The van der Waals surface area contributed by atoms with Crippen molar-refractivity contribution in [3.05, 3.63) is 28.8 Å². The van der Waals surface area contributed by atoms with E-state index in [9.17, 15) is 5.11 Å². The lowest BCUT2D eigenvalue weighted by Crippen LogP contribution is -2.09. The molecule has 1 aromatic heterocycles. The van der Waals surface area contributed by atoms with E-state index in [-0.39, 0.29) is 6.79 Å². The summed E-state index contributed by atoms with van der Waals surface area (Å²) in [6, 6.07) is 5.84. The Morgan fingerprint density at radius 3 is 2.91 bits per heavy atom. The van der Waals surface area contributed by atoms with Gasteiger partial charge in [-0.15, -0.1) is 11.3 Å². The maximum absolute atomic E-state index is 10.1. The first-order valence-corrected chi connectivity index (χ1v) is 8.15. The van der Waals surface area contributed by atoms with Crippen LogP contribution < -0.4 is 9.64 Å². The van der Waals surface area contributed by atoms with Gasteiger partial charge >= 0.3 is 0 Å². The van der Waals surface area contributed by atoms with Crippen LogP contribution in [-0.4, -0.2) is 36.1 Å². The van der Waals surface area contributed by atoms with Crippen LogP contribution in [-0.2, 0) is 6.42 Å². The van der Waals surface area contributed by atoms with Gasteiger partial charge in [0.05, 0.1) is 22.2 Å². The SMILES string of the molecule is CN(C)c1ccc(-c2nc3c(s2)C(O)CCC3)c(OCO)c1. The van der Waals surface area contributed by atoms with Crippen molar-refractivity contribution in [1.82, 2.24) is 4.98 Å². The van der Waals surface area contributed by atoms with Crippen LogP contribution in [0.3, 0.4) is 0 Å². The minimum absolute atomic E-state index is 0.377. The van der Waals surface area contributed by atoms with Crippen LogP contribution in [0.4, 0.5) is 5.69 Å². The Balaban J connectivity index is 2.04. The molecular weight excluding hydrogens is 300 g/mol. The number of nitrogens with zero attached hydrogens (tertiary/aromatic N) is 2. The highest BCUT2D eigenvalue weighted by molar-refractivity contribution is 7.15. The van der Waals surface area contributed by atoms with Gasteiger partial charge in [-0.05, 0) is 31.4 Å². The fourth-order valence-corrected chi connectivity index (χ4v) is 3.83. The second-order valence-corrected chi connectivity index (χ2v) is 6.62. The molecule has 0 bridgehead atoms. The predicted molar refractivity (Wildman–Crippen MR) is 87.5 cm³/mol. The van der Waals surface area contributed by atoms with Crippen LogP contribution in [0.25, 0.3) is 10.6 Å². The van der Waals surface area contributed by atoms with Gasteiger partial charge in [0.1, 0.15) is 10.8 Å². The topological polar surface area (TPSA) is 65.8 Å². The number of aliphatic hydroxyl groups excluding tert-OH is 2. The highest BCUT2D eigenvalue weighted by Crippen LogP contribution is 2.41. The number of anilines is 1. The monoisotopic (exact) mass is 320 g/mol. The number of aromatic nitrogens is 1. The standard InChI is InChI=1S/C16H20N2O3S/c1-18(2)10-6-7-11(14(8-10)21-9-19)16-17-12-4-3-5-13(20)15(12)22-16/h6-8,13,19-20H,3-5,9H2,1-2H3. The number of rotatable bonds is 4. The van der Waals surface area contributed by atoms with Crippen LogP contribution in [0.15, 0.2) is 18.2 Å². The van der Waals surface area contributed by atoms with Crippen molar-refractivity contribution in [1.29, 1.82) is 0 Å². The van der Waals surface area contributed by atoms with E-state index in [4.69, 9.17) is 9.84 Å². The van der Waals surface area contributed by atoms with Crippen molar-refractivity contribution in [3.8, 4) is 16.3 Å². The maximum Gasteiger partial charge on any atom is 0.186 e. The second kappa shape index (κ2) is 6.24. The molecule has 2 N–H and O–H groups in total. The average molecular weight is 320 g/mol. The van der Waals surface area contributed by atoms with E-state index in [0.29, 0.717) is 5.75 Å². The number of thiazole rings is 1. The average Bonchev–Trinajstić information content (AvgIpc) is 2.93. The highest BCUT2D eigenvalue weighted by atomic mass is 32.1. The Bertz CT molecular complexity index is 669. The lowest BCUT2D eigenvalue weighted by molar-refractivity contribution is 0.0991. The van der Waals surface area contributed by atoms with Gasteiger partial charge in [-0.3, -0.25) is 0 Å². The fraction of sp³-hybridized carbons (Fsp3) is 0.438. The van der Waals surface area contributed by atoms with Gasteiger partial charge in [0.2, 0.25) is 0 Å². The van der Waals surface area contributed by atoms with Gasteiger partial charge in [-0.25, -0.2) is 4.98 Å². The van der Waals surface area contributed by atoms with Crippen LogP contribution in [0.5, 0.6) is 5.75 Å². The molecule has 1 aliphatic rings. The van der Waals surface area contributed by atoms with E-state index >= 15 is 0 Å². The molecule has 0 saturated carbocycles. The molecule has 3 rings (SSSR count). The Hall–Kier alpha value is -1.63. The summed E-state index contributed by atoms with van der Waals surface area (Å²) in [5.41, 5.74) is 2.84. The van der Waals surface area contributed by atoms with Gasteiger partial charge in [0, 0.05) is 25.8 Å². The molecule has 0 radical (unpaired) electrons. The Morgan fingerprint density at radius 2 is 2.23 bits per heavy atom. The predicted octanol–water partition coefficient (Wildman–Crippen LogP) is 2.57. The molecule has 0 amide bonds. The number of ether oxygens (including phenoxy) is 1. The van der Waals surface area contributed by atoms with Crippen LogP contribution in [0.1, 0.15) is 29.5 Å². The molecular formula is C16H20N2O3S. The number of fused-ring (bicyclic) bond motifs is 1. The van der Waals surface area contributed by atoms with Crippen molar-refractivity contribution >= 4 is 17.0 Å². The molecule has 0 spiro atoms. The number of benzene rings is 1. The van der Waals surface area contributed by atoms with Crippen molar-refractivity contribution in [2.75, 3.05) is 25.8 Å². The number of hydrogen-bond donors (Lipinski definition) is 2. The maximum atomic E-state index is 10.1. The first-order chi connectivity index (χ1) is 10.6. The fourth-order valence-electron chi connectivity index (χ4n) is 2.67. The molecule has 2 aromatic rings. The summed E-state index contributed by atoms with van der Waals surface area (Å²) in [6.07, 6.45) is 2.28. The number of hydrogen-bond acceptors (Lipinski definition) is 6.